The molecule has 4 atom stereocenters. The summed E-state index contributed by atoms with van der Waals surface area (Å²) in [6.07, 6.45) is 3.22. The number of rotatable bonds is 1. The Morgan fingerprint density at radius 1 is 1.29 bits per heavy atom. The van der Waals surface area contributed by atoms with Gasteiger partial charge in [0.15, 0.2) is 0 Å². The molecule has 0 heterocycles. The molecule has 1 saturated carbocycles. The first kappa shape index (κ1) is 8.55. The van der Waals surface area contributed by atoms with Gasteiger partial charge in [-0.1, -0.05) is 30.3 Å². The monoisotopic (exact) mass is 204 g/mol. The molecule has 2 aliphatic carbocycles. The van der Waals surface area contributed by atoms with Crippen molar-refractivity contribution in [3.05, 3.63) is 48.0 Å². The van der Waals surface area contributed by atoms with Gasteiger partial charge in [0.2, 0.25) is 0 Å². The molecule has 2 bridgehead atoms. The van der Waals surface area contributed by atoms with Gasteiger partial charge in [0.05, 0.1) is 0 Å². The Hall–Kier alpha value is -0.750. The van der Waals surface area contributed by atoms with Gasteiger partial charge in [0, 0.05) is 11.3 Å². The Kier molecular flexibility index (Phi) is 1.75. The summed E-state index contributed by atoms with van der Waals surface area (Å²) in [6, 6.07) is 8.72. The van der Waals surface area contributed by atoms with Gasteiger partial charge in [-0.3, -0.25) is 0 Å². The lowest BCUT2D eigenvalue weighted by atomic mass is 9.92. The second kappa shape index (κ2) is 2.87. The number of hydrogen-bond acceptors (Lipinski definition) is 0. The van der Waals surface area contributed by atoms with Gasteiger partial charge in [-0.25, -0.2) is 0 Å². The van der Waals surface area contributed by atoms with E-state index in [2.05, 4.69) is 36.9 Å². The lowest BCUT2D eigenvalue weighted by molar-refractivity contribution is 0.596. The fourth-order valence-electron chi connectivity index (χ4n) is 3.24. The average Bonchev–Trinajstić information content (AvgIpc) is 2.69. The van der Waals surface area contributed by atoms with Crippen molar-refractivity contribution >= 4 is 11.6 Å². The highest BCUT2D eigenvalue weighted by Crippen LogP contribution is 2.59. The molecule has 0 radical (unpaired) electrons. The second-order valence-corrected chi connectivity index (χ2v) is 4.89. The first-order chi connectivity index (χ1) is 6.83. The fourth-order valence-corrected chi connectivity index (χ4v) is 3.73. The minimum atomic E-state index is 0.317. The number of hydrogen-bond donors (Lipinski definition) is 0. The van der Waals surface area contributed by atoms with Crippen molar-refractivity contribution in [2.75, 3.05) is 0 Å². The molecule has 0 spiro atoms. The summed E-state index contributed by atoms with van der Waals surface area (Å²) < 4.78 is 0. The number of alkyl halides is 1. The predicted octanol–water partition coefficient (Wildman–Crippen LogP) is 3.68. The average molecular weight is 205 g/mol. The van der Waals surface area contributed by atoms with Crippen molar-refractivity contribution in [3.8, 4) is 0 Å². The van der Waals surface area contributed by atoms with E-state index in [9.17, 15) is 0 Å². The molecule has 0 N–H and O–H groups in total. The number of fused-ring (bicyclic) bond motifs is 5. The molecule has 0 amide bonds. The number of halogens is 1. The van der Waals surface area contributed by atoms with Crippen LogP contribution in [0.15, 0.2) is 36.9 Å². The topological polar surface area (TPSA) is 0 Å². The molecular weight excluding hydrogens is 192 g/mol. The van der Waals surface area contributed by atoms with Crippen molar-refractivity contribution in [2.24, 2.45) is 5.92 Å². The molecule has 14 heavy (non-hydrogen) atoms. The first-order valence-electron chi connectivity index (χ1n) is 5.18. The first-order valence-corrected chi connectivity index (χ1v) is 5.62. The molecule has 0 unspecified atom stereocenters. The van der Waals surface area contributed by atoms with Crippen molar-refractivity contribution in [1.82, 2.24) is 0 Å². The van der Waals surface area contributed by atoms with Gasteiger partial charge < -0.3 is 0 Å². The molecule has 0 nitrogen and oxygen atoms in total. The van der Waals surface area contributed by atoms with Gasteiger partial charge in [0.25, 0.3) is 0 Å². The van der Waals surface area contributed by atoms with Crippen LogP contribution in [0.3, 0.4) is 0 Å². The molecule has 1 aromatic carbocycles. The largest absolute Gasteiger partial charge is 0.122 e. The minimum Gasteiger partial charge on any atom is -0.122 e. The summed E-state index contributed by atoms with van der Waals surface area (Å²) in [4.78, 5) is 0. The minimum absolute atomic E-state index is 0.317. The third-order valence-electron chi connectivity index (χ3n) is 3.77. The molecule has 72 valence electrons. The lowest BCUT2D eigenvalue weighted by Crippen LogP contribution is -2.10. The van der Waals surface area contributed by atoms with Crippen LogP contribution in [0.4, 0.5) is 0 Å². The summed E-state index contributed by atoms with van der Waals surface area (Å²) in [7, 11) is 0. The molecule has 0 aromatic heterocycles. The Morgan fingerprint density at radius 2 is 2.00 bits per heavy atom. The zero-order chi connectivity index (χ0) is 9.71. The Balaban J connectivity index is 2.17. The summed E-state index contributed by atoms with van der Waals surface area (Å²) in [6.45, 7) is 3.94. The number of benzene rings is 1. The molecule has 1 fully saturated rings. The molecule has 0 aliphatic heterocycles. The van der Waals surface area contributed by atoms with Gasteiger partial charge in [-0.05, 0) is 29.4 Å². The van der Waals surface area contributed by atoms with Gasteiger partial charge in [-0.15, -0.1) is 18.2 Å². The van der Waals surface area contributed by atoms with E-state index in [4.69, 9.17) is 11.6 Å². The molecule has 1 heteroatoms. The van der Waals surface area contributed by atoms with E-state index in [0.717, 1.165) is 6.42 Å². The smallest absolute Gasteiger partial charge is 0.0416 e. The molecule has 1 aromatic rings. The third-order valence-corrected chi connectivity index (χ3v) is 4.22. The van der Waals surface area contributed by atoms with Crippen LogP contribution in [0, 0.1) is 5.92 Å². The fraction of sp³-hybridized carbons (Fsp3) is 0.385. The van der Waals surface area contributed by atoms with E-state index in [0.29, 0.717) is 23.1 Å². The van der Waals surface area contributed by atoms with Crippen LogP contribution in [0.5, 0.6) is 0 Å². The van der Waals surface area contributed by atoms with Crippen LogP contribution >= 0.6 is 11.6 Å². The molecule has 0 saturated heterocycles. The summed E-state index contributed by atoms with van der Waals surface area (Å²) in [5.74, 6) is 1.74. The highest BCUT2D eigenvalue weighted by molar-refractivity contribution is 6.21. The van der Waals surface area contributed by atoms with Crippen molar-refractivity contribution in [1.29, 1.82) is 0 Å². The van der Waals surface area contributed by atoms with Crippen LogP contribution in [0.1, 0.15) is 29.4 Å². The molecular formula is C13H13Cl. The standard InChI is InChI=1S/C13H13Cl/c1-2-8-11-7-12(14)13(8)10-6-4-3-5-9(10)11/h2-6,8,11-13H,1,7H2/t8-,11-,12+,13+/m1/s1. The SMILES string of the molecule is C=C[C@H]1[C@H]2c3ccccc3[C@@H]1C[C@@H]2Cl. The van der Waals surface area contributed by atoms with Crippen LogP contribution in [0.25, 0.3) is 0 Å². The maximum atomic E-state index is 6.36. The van der Waals surface area contributed by atoms with Crippen molar-refractivity contribution in [2.45, 2.75) is 23.6 Å². The van der Waals surface area contributed by atoms with Crippen LogP contribution in [-0.2, 0) is 0 Å². The van der Waals surface area contributed by atoms with E-state index in [1.807, 2.05) is 0 Å². The maximum Gasteiger partial charge on any atom is 0.0416 e. The van der Waals surface area contributed by atoms with Crippen molar-refractivity contribution < 1.29 is 0 Å². The normalized spacial score (nSPS) is 38.4. The third kappa shape index (κ3) is 0.899. The summed E-state index contributed by atoms with van der Waals surface area (Å²) in [5, 5.41) is 0.317. The van der Waals surface area contributed by atoms with E-state index in [1.54, 1.807) is 0 Å². The van der Waals surface area contributed by atoms with Gasteiger partial charge in [0.1, 0.15) is 0 Å². The quantitative estimate of drug-likeness (QED) is 0.484. The summed E-state index contributed by atoms with van der Waals surface area (Å²) in [5.41, 5.74) is 2.98. The van der Waals surface area contributed by atoms with Gasteiger partial charge in [-0.2, -0.15) is 0 Å². The van der Waals surface area contributed by atoms with E-state index >= 15 is 0 Å². The number of allylic oxidation sites excluding steroid dienone is 1. The lowest BCUT2D eigenvalue weighted by Gasteiger charge is -2.18. The van der Waals surface area contributed by atoms with Crippen LogP contribution in [-0.4, -0.2) is 5.38 Å². The Morgan fingerprint density at radius 3 is 2.71 bits per heavy atom. The highest BCUT2D eigenvalue weighted by atomic mass is 35.5. The molecule has 3 rings (SSSR count). The van der Waals surface area contributed by atoms with E-state index < -0.39 is 0 Å². The van der Waals surface area contributed by atoms with Crippen LogP contribution < -0.4 is 0 Å². The van der Waals surface area contributed by atoms with Gasteiger partial charge >= 0.3 is 0 Å². The summed E-state index contributed by atoms with van der Waals surface area (Å²) >= 11 is 6.36. The zero-order valence-corrected chi connectivity index (χ0v) is 8.74. The maximum absolute atomic E-state index is 6.36. The second-order valence-electron chi connectivity index (χ2n) is 4.33. The Bertz CT molecular complexity index is 383. The Labute approximate surface area is 89.6 Å². The van der Waals surface area contributed by atoms with E-state index in [1.165, 1.54) is 11.1 Å². The highest BCUT2D eigenvalue weighted by Gasteiger charge is 2.49. The van der Waals surface area contributed by atoms with Crippen LogP contribution in [0.2, 0.25) is 0 Å². The van der Waals surface area contributed by atoms with E-state index in [-0.39, 0.29) is 0 Å². The predicted molar refractivity (Wildman–Crippen MR) is 59.9 cm³/mol. The zero-order valence-electron chi connectivity index (χ0n) is 7.99. The van der Waals surface area contributed by atoms with Crippen molar-refractivity contribution in [3.63, 3.8) is 0 Å². The molecule has 2 aliphatic rings.